The molecule has 0 aliphatic carbocycles. The molecule has 2 aliphatic rings. The molecule has 106 valence electrons. The minimum absolute atomic E-state index is 0.0628. The van der Waals surface area contributed by atoms with Gasteiger partial charge in [-0.3, -0.25) is 9.59 Å². The van der Waals surface area contributed by atoms with Gasteiger partial charge in [-0.2, -0.15) is 0 Å². The first kappa shape index (κ1) is 16.9. The lowest BCUT2D eigenvalue weighted by atomic mass is 10.2. The second-order valence-corrected chi connectivity index (χ2v) is 3.93. The summed E-state index contributed by atoms with van der Waals surface area (Å²) in [5.74, 6) is -1.74. The number of carbonyl (C=O) groups is 2. The molecule has 0 atom stereocenters. The topological polar surface area (TPSA) is 93.1 Å². The molecule has 2 heterocycles. The van der Waals surface area contributed by atoms with E-state index in [2.05, 4.69) is 0 Å². The first-order chi connectivity index (χ1) is 8.63. The van der Waals surface area contributed by atoms with Crippen LogP contribution in [-0.4, -0.2) is 48.6 Å². The number of carboxylic acid groups (broad SMARTS) is 2. The Morgan fingerprint density at radius 2 is 1.00 bits per heavy atom. The molecule has 0 spiro atoms. The fourth-order valence-electron chi connectivity index (χ4n) is 0.841. The molecule has 18 heavy (non-hydrogen) atoms. The molecule has 0 aromatic carbocycles. The van der Waals surface area contributed by atoms with E-state index in [1.54, 1.807) is 0 Å². The van der Waals surface area contributed by atoms with Crippen molar-refractivity contribution in [2.24, 2.45) is 0 Å². The van der Waals surface area contributed by atoms with Crippen LogP contribution in [0.5, 0.6) is 0 Å². The third kappa shape index (κ3) is 14.9. The molecule has 0 amide bonds. The molecule has 0 unspecified atom stereocenters. The molecule has 0 aromatic rings. The zero-order valence-corrected chi connectivity index (χ0v) is 10.6. The summed E-state index contributed by atoms with van der Waals surface area (Å²) in [4.78, 5) is 19.8. The number of aliphatic carboxylic acids is 2. The van der Waals surface area contributed by atoms with Gasteiger partial charge in [0, 0.05) is 39.3 Å². The smallest absolute Gasteiger partial charge is 0.303 e. The minimum atomic E-state index is -0.870. The van der Waals surface area contributed by atoms with Gasteiger partial charge in [0.15, 0.2) is 0 Å². The van der Waals surface area contributed by atoms with E-state index < -0.39 is 11.9 Å². The van der Waals surface area contributed by atoms with Gasteiger partial charge < -0.3 is 19.7 Å². The van der Waals surface area contributed by atoms with E-state index in [0.717, 1.165) is 26.4 Å². The third-order valence-electron chi connectivity index (χ3n) is 2.19. The van der Waals surface area contributed by atoms with Crippen molar-refractivity contribution in [1.82, 2.24) is 0 Å². The van der Waals surface area contributed by atoms with Crippen LogP contribution in [0.15, 0.2) is 0 Å². The minimum Gasteiger partial charge on any atom is -0.481 e. The monoisotopic (exact) mass is 262 g/mol. The zero-order valence-electron chi connectivity index (χ0n) is 10.6. The third-order valence-corrected chi connectivity index (χ3v) is 2.19. The molecule has 0 saturated carbocycles. The molecule has 2 fully saturated rings. The summed E-state index contributed by atoms with van der Waals surface area (Å²) >= 11 is 0. The van der Waals surface area contributed by atoms with Gasteiger partial charge >= 0.3 is 11.9 Å². The molecule has 0 radical (unpaired) electrons. The van der Waals surface area contributed by atoms with Gasteiger partial charge in [0.1, 0.15) is 0 Å². The highest BCUT2D eigenvalue weighted by molar-refractivity contribution is 5.67. The number of rotatable bonds is 5. The van der Waals surface area contributed by atoms with Gasteiger partial charge in [-0.05, 0) is 25.7 Å². The van der Waals surface area contributed by atoms with E-state index in [-0.39, 0.29) is 12.8 Å². The Labute approximate surface area is 107 Å². The maximum absolute atomic E-state index is 9.90. The van der Waals surface area contributed by atoms with Crippen molar-refractivity contribution >= 4 is 11.9 Å². The highest BCUT2D eigenvalue weighted by atomic mass is 16.5. The Balaban J connectivity index is 0.000000288. The lowest BCUT2D eigenvalue weighted by Crippen LogP contribution is -2.09. The molecule has 2 N–H and O–H groups in total. The van der Waals surface area contributed by atoms with Gasteiger partial charge in [0.2, 0.25) is 0 Å². The van der Waals surface area contributed by atoms with E-state index in [4.69, 9.17) is 19.7 Å². The fourth-order valence-corrected chi connectivity index (χ4v) is 0.841. The van der Waals surface area contributed by atoms with Crippen LogP contribution >= 0.6 is 0 Å². The van der Waals surface area contributed by atoms with Crippen LogP contribution in [0.4, 0.5) is 0 Å². The quantitative estimate of drug-likeness (QED) is 0.730. The predicted octanol–water partition coefficient (Wildman–Crippen LogP) is 1.53. The Hall–Kier alpha value is -1.14. The normalized spacial score (nSPS) is 15.8. The summed E-state index contributed by atoms with van der Waals surface area (Å²) in [6.45, 7) is 4.00. The van der Waals surface area contributed by atoms with Crippen LogP contribution < -0.4 is 0 Å². The fraction of sp³-hybridized carbons (Fsp3) is 0.833. The molecule has 2 saturated heterocycles. The van der Waals surface area contributed by atoms with Crippen LogP contribution in [0.25, 0.3) is 0 Å². The summed E-state index contributed by atoms with van der Waals surface area (Å²) in [5, 5.41) is 16.3. The van der Waals surface area contributed by atoms with E-state index in [0.29, 0.717) is 12.8 Å². The van der Waals surface area contributed by atoms with E-state index in [1.807, 2.05) is 0 Å². The molecule has 2 aliphatic heterocycles. The van der Waals surface area contributed by atoms with Crippen molar-refractivity contribution in [3.63, 3.8) is 0 Å². The summed E-state index contributed by atoms with van der Waals surface area (Å²) in [6, 6.07) is 0. The predicted molar refractivity (Wildman–Crippen MR) is 64.6 cm³/mol. The number of unbranched alkanes of at least 4 members (excludes halogenated alkanes) is 1. The lowest BCUT2D eigenvalue weighted by Gasteiger charge is -2.09. The second-order valence-electron chi connectivity index (χ2n) is 3.93. The maximum Gasteiger partial charge on any atom is 0.303 e. The van der Waals surface area contributed by atoms with Crippen molar-refractivity contribution in [2.75, 3.05) is 26.4 Å². The Bertz CT molecular complexity index is 189. The molecule has 6 heteroatoms. The Kier molecular flexibility index (Phi) is 11.5. The van der Waals surface area contributed by atoms with Crippen LogP contribution in [0.1, 0.15) is 38.5 Å². The lowest BCUT2D eigenvalue weighted by molar-refractivity contribution is -0.139. The summed E-state index contributed by atoms with van der Waals surface area (Å²) in [7, 11) is 0. The van der Waals surface area contributed by atoms with Crippen molar-refractivity contribution in [3.8, 4) is 0 Å². The largest absolute Gasteiger partial charge is 0.481 e. The SMILES string of the molecule is C1COC1.C1COC1.O=C(O)CCCCC(=O)O. The zero-order chi connectivity index (χ0) is 13.6. The number of carboxylic acids is 2. The molecule has 2 rings (SSSR count). The number of hydrogen-bond donors (Lipinski definition) is 2. The average molecular weight is 262 g/mol. The van der Waals surface area contributed by atoms with E-state index in [9.17, 15) is 9.59 Å². The van der Waals surface area contributed by atoms with Crippen molar-refractivity contribution in [2.45, 2.75) is 38.5 Å². The van der Waals surface area contributed by atoms with Gasteiger partial charge in [0.05, 0.1) is 0 Å². The molecule has 0 aromatic heterocycles. The first-order valence-corrected chi connectivity index (χ1v) is 6.22. The van der Waals surface area contributed by atoms with Gasteiger partial charge in [0.25, 0.3) is 0 Å². The Morgan fingerprint density at radius 3 is 1.11 bits per heavy atom. The summed E-state index contributed by atoms with van der Waals surface area (Å²) in [6.07, 6.45) is 3.57. The van der Waals surface area contributed by atoms with Crippen molar-refractivity contribution < 1.29 is 29.3 Å². The van der Waals surface area contributed by atoms with Crippen LogP contribution in [0, 0.1) is 0 Å². The van der Waals surface area contributed by atoms with E-state index in [1.165, 1.54) is 12.8 Å². The van der Waals surface area contributed by atoms with Crippen LogP contribution in [0.2, 0.25) is 0 Å². The average Bonchev–Trinajstić information content (AvgIpc) is 2.06. The molecule has 6 nitrogen and oxygen atoms in total. The number of hydrogen-bond acceptors (Lipinski definition) is 4. The standard InChI is InChI=1S/C6H10O4.2C3H6O/c7-5(8)3-1-2-4-6(9)10;2*1-2-4-3-1/h1-4H2,(H,7,8)(H,9,10);2*1-3H2. The molecular formula is C12H22O6. The molecule has 0 bridgehead atoms. The highest BCUT2D eigenvalue weighted by Crippen LogP contribution is 1.98. The second kappa shape index (κ2) is 12.3. The van der Waals surface area contributed by atoms with Gasteiger partial charge in [-0.15, -0.1) is 0 Å². The van der Waals surface area contributed by atoms with Crippen LogP contribution in [0.3, 0.4) is 0 Å². The van der Waals surface area contributed by atoms with E-state index >= 15 is 0 Å². The van der Waals surface area contributed by atoms with Crippen molar-refractivity contribution in [1.29, 1.82) is 0 Å². The summed E-state index contributed by atoms with van der Waals surface area (Å²) in [5.41, 5.74) is 0. The van der Waals surface area contributed by atoms with Gasteiger partial charge in [-0.25, -0.2) is 0 Å². The molecular weight excluding hydrogens is 240 g/mol. The number of ether oxygens (including phenoxy) is 2. The maximum atomic E-state index is 9.90. The first-order valence-electron chi connectivity index (χ1n) is 6.22. The summed E-state index contributed by atoms with van der Waals surface area (Å²) < 4.78 is 9.44. The van der Waals surface area contributed by atoms with Gasteiger partial charge in [-0.1, -0.05) is 0 Å². The Morgan fingerprint density at radius 1 is 0.778 bits per heavy atom. The van der Waals surface area contributed by atoms with Crippen molar-refractivity contribution in [3.05, 3.63) is 0 Å². The highest BCUT2D eigenvalue weighted by Gasteiger charge is 1.99. The van der Waals surface area contributed by atoms with Crippen LogP contribution in [-0.2, 0) is 19.1 Å².